The van der Waals surface area contributed by atoms with Crippen molar-refractivity contribution in [3.05, 3.63) is 53.6 Å². The Hall–Kier alpha value is -2.29. The molecule has 22 heavy (non-hydrogen) atoms. The highest BCUT2D eigenvalue weighted by molar-refractivity contribution is 5.82. The molecule has 1 fully saturated rings. The third kappa shape index (κ3) is 2.37. The van der Waals surface area contributed by atoms with E-state index in [0.717, 1.165) is 24.9 Å². The van der Waals surface area contributed by atoms with Crippen LogP contribution in [-0.4, -0.2) is 30.4 Å². The number of amides is 1. The van der Waals surface area contributed by atoms with Crippen molar-refractivity contribution < 1.29 is 4.79 Å². The van der Waals surface area contributed by atoms with Crippen LogP contribution in [0.5, 0.6) is 0 Å². The molecule has 4 rings (SSSR count). The maximum Gasteiger partial charge on any atom is 0.241 e. The van der Waals surface area contributed by atoms with E-state index < -0.39 is 0 Å². The first-order valence-corrected chi connectivity index (χ1v) is 7.93. The summed E-state index contributed by atoms with van der Waals surface area (Å²) in [6.45, 7) is 0.374. The van der Waals surface area contributed by atoms with E-state index in [4.69, 9.17) is 0 Å². The Morgan fingerprint density at radius 3 is 2.73 bits per heavy atom. The normalized spacial score (nSPS) is 15.1. The molecule has 0 saturated heterocycles. The number of hydrogen-bond donors (Lipinski definition) is 1. The molecule has 3 heteroatoms. The molecule has 0 heterocycles. The minimum Gasteiger partial charge on any atom is -0.376 e. The maximum absolute atomic E-state index is 12.1. The zero-order valence-corrected chi connectivity index (χ0v) is 12.8. The lowest BCUT2D eigenvalue weighted by Gasteiger charge is -2.17. The first kappa shape index (κ1) is 13.4. The number of fused-ring (bicyclic) bond motifs is 3. The molecule has 0 spiro atoms. The number of rotatable bonds is 4. The van der Waals surface area contributed by atoms with E-state index >= 15 is 0 Å². The van der Waals surface area contributed by atoms with Crippen molar-refractivity contribution in [1.29, 1.82) is 0 Å². The van der Waals surface area contributed by atoms with Crippen molar-refractivity contribution in [2.75, 3.05) is 18.9 Å². The number of carbonyl (C=O) groups is 1. The van der Waals surface area contributed by atoms with E-state index in [-0.39, 0.29) is 5.91 Å². The van der Waals surface area contributed by atoms with Gasteiger partial charge in [0, 0.05) is 18.8 Å². The van der Waals surface area contributed by atoms with Crippen molar-refractivity contribution in [1.82, 2.24) is 4.90 Å². The van der Waals surface area contributed by atoms with Gasteiger partial charge in [-0.25, -0.2) is 0 Å². The van der Waals surface area contributed by atoms with Crippen LogP contribution >= 0.6 is 0 Å². The zero-order chi connectivity index (χ0) is 15.1. The number of anilines is 1. The molecule has 2 aliphatic rings. The number of hydrogen-bond acceptors (Lipinski definition) is 2. The van der Waals surface area contributed by atoms with Crippen LogP contribution in [0.1, 0.15) is 24.0 Å². The van der Waals surface area contributed by atoms with Crippen LogP contribution in [0.3, 0.4) is 0 Å². The van der Waals surface area contributed by atoms with Crippen LogP contribution in [0.15, 0.2) is 42.5 Å². The Bertz CT molecular complexity index is 734. The molecular formula is C19H20N2O. The third-order valence-electron chi connectivity index (χ3n) is 4.73. The topological polar surface area (TPSA) is 32.3 Å². The fraction of sp³-hybridized carbons (Fsp3) is 0.316. The van der Waals surface area contributed by atoms with Gasteiger partial charge in [0.2, 0.25) is 5.91 Å². The van der Waals surface area contributed by atoms with Gasteiger partial charge in [0.25, 0.3) is 0 Å². The minimum atomic E-state index is 0.172. The van der Waals surface area contributed by atoms with Crippen molar-refractivity contribution in [3.63, 3.8) is 0 Å². The molecule has 2 aromatic carbocycles. The van der Waals surface area contributed by atoms with Gasteiger partial charge in [-0.2, -0.15) is 0 Å². The molecule has 1 saturated carbocycles. The summed E-state index contributed by atoms with van der Waals surface area (Å²) in [4.78, 5) is 13.9. The molecule has 2 aliphatic carbocycles. The van der Waals surface area contributed by atoms with Crippen molar-refractivity contribution in [2.24, 2.45) is 0 Å². The molecular weight excluding hydrogens is 272 g/mol. The number of benzene rings is 2. The summed E-state index contributed by atoms with van der Waals surface area (Å²) in [5.41, 5.74) is 6.42. The van der Waals surface area contributed by atoms with Gasteiger partial charge in [-0.15, -0.1) is 0 Å². The number of likely N-dealkylation sites (N-methyl/N-ethyl adjacent to an activating group) is 1. The van der Waals surface area contributed by atoms with Crippen LogP contribution in [0, 0.1) is 0 Å². The summed E-state index contributed by atoms with van der Waals surface area (Å²) in [5, 5.41) is 3.27. The van der Waals surface area contributed by atoms with E-state index in [2.05, 4.69) is 47.8 Å². The quantitative estimate of drug-likeness (QED) is 0.800. The number of nitrogens with zero attached hydrogens (tertiary/aromatic N) is 1. The molecule has 1 N–H and O–H groups in total. The third-order valence-corrected chi connectivity index (χ3v) is 4.73. The van der Waals surface area contributed by atoms with Gasteiger partial charge in [-0.3, -0.25) is 4.79 Å². The second kappa shape index (κ2) is 5.16. The second-order valence-corrected chi connectivity index (χ2v) is 6.30. The van der Waals surface area contributed by atoms with Gasteiger partial charge in [0.15, 0.2) is 0 Å². The molecule has 0 aliphatic heterocycles. The van der Waals surface area contributed by atoms with Crippen LogP contribution in [0.2, 0.25) is 0 Å². The van der Waals surface area contributed by atoms with Crippen molar-refractivity contribution >= 4 is 11.6 Å². The molecule has 112 valence electrons. The Kier molecular flexibility index (Phi) is 3.14. The van der Waals surface area contributed by atoms with Gasteiger partial charge in [0.1, 0.15) is 0 Å². The predicted octanol–water partition coefficient (Wildman–Crippen LogP) is 3.29. The molecule has 0 radical (unpaired) electrons. The van der Waals surface area contributed by atoms with E-state index in [1.807, 2.05) is 11.9 Å². The Morgan fingerprint density at radius 1 is 1.14 bits per heavy atom. The number of carbonyl (C=O) groups excluding carboxylic acids is 1. The Morgan fingerprint density at radius 2 is 1.91 bits per heavy atom. The van der Waals surface area contributed by atoms with Gasteiger partial charge in [-0.05, 0) is 53.6 Å². The summed E-state index contributed by atoms with van der Waals surface area (Å²) in [6, 6.07) is 15.5. The first-order valence-electron chi connectivity index (χ1n) is 7.93. The zero-order valence-electron chi connectivity index (χ0n) is 12.8. The summed E-state index contributed by atoms with van der Waals surface area (Å²) in [6.07, 6.45) is 3.29. The van der Waals surface area contributed by atoms with Gasteiger partial charge < -0.3 is 10.2 Å². The fourth-order valence-corrected chi connectivity index (χ4v) is 3.22. The smallest absolute Gasteiger partial charge is 0.241 e. The minimum absolute atomic E-state index is 0.172. The lowest BCUT2D eigenvalue weighted by molar-refractivity contribution is -0.128. The lowest BCUT2D eigenvalue weighted by atomic mass is 10.1. The molecule has 0 bridgehead atoms. The van der Waals surface area contributed by atoms with Gasteiger partial charge in [-0.1, -0.05) is 30.3 Å². The van der Waals surface area contributed by atoms with E-state index in [1.165, 1.54) is 22.3 Å². The van der Waals surface area contributed by atoms with E-state index in [0.29, 0.717) is 12.6 Å². The molecule has 3 nitrogen and oxygen atoms in total. The van der Waals surface area contributed by atoms with Gasteiger partial charge >= 0.3 is 0 Å². The highest BCUT2D eigenvalue weighted by Gasteiger charge is 2.29. The Balaban J connectivity index is 1.46. The predicted molar refractivity (Wildman–Crippen MR) is 89.0 cm³/mol. The molecule has 0 atom stereocenters. The van der Waals surface area contributed by atoms with Crippen LogP contribution < -0.4 is 5.32 Å². The van der Waals surface area contributed by atoms with E-state index in [9.17, 15) is 4.79 Å². The summed E-state index contributed by atoms with van der Waals surface area (Å²) in [5.74, 6) is 0.172. The maximum atomic E-state index is 12.1. The highest BCUT2D eigenvalue weighted by atomic mass is 16.2. The number of nitrogens with one attached hydrogen (secondary N) is 1. The van der Waals surface area contributed by atoms with Crippen LogP contribution in [0.25, 0.3) is 11.1 Å². The summed E-state index contributed by atoms with van der Waals surface area (Å²) in [7, 11) is 1.90. The summed E-state index contributed by atoms with van der Waals surface area (Å²) >= 11 is 0. The molecule has 1 amide bonds. The molecule has 2 aromatic rings. The largest absolute Gasteiger partial charge is 0.376 e. The summed E-state index contributed by atoms with van der Waals surface area (Å²) < 4.78 is 0. The highest BCUT2D eigenvalue weighted by Crippen LogP contribution is 2.37. The monoisotopic (exact) mass is 292 g/mol. The van der Waals surface area contributed by atoms with Crippen LogP contribution in [0.4, 0.5) is 5.69 Å². The lowest BCUT2D eigenvalue weighted by Crippen LogP contribution is -2.33. The Labute approximate surface area is 131 Å². The van der Waals surface area contributed by atoms with Crippen LogP contribution in [-0.2, 0) is 11.2 Å². The van der Waals surface area contributed by atoms with E-state index in [1.54, 1.807) is 0 Å². The van der Waals surface area contributed by atoms with Gasteiger partial charge in [0.05, 0.1) is 6.54 Å². The average molecular weight is 292 g/mol. The SMILES string of the molecule is CN(C(=O)CNc1ccc2c(c1)Cc1ccccc1-2)C1CC1. The standard InChI is InChI=1S/C19H20N2O/c1-21(16-7-8-16)19(22)12-20-15-6-9-18-14(11-15)10-13-4-2-3-5-17(13)18/h2-6,9,11,16,20H,7-8,10,12H2,1H3. The van der Waals surface area contributed by atoms with Crippen molar-refractivity contribution in [3.8, 4) is 11.1 Å². The molecule has 0 unspecified atom stereocenters. The second-order valence-electron chi connectivity index (χ2n) is 6.30. The van der Waals surface area contributed by atoms with Crippen molar-refractivity contribution in [2.45, 2.75) is 25.3 Å². The molecule has 0 aromatic heterocycles. The fourth-order valence-electron chi connectivity index (χ4n) is 3.22. The average Bonchev–Trinajstić information content (AvgIpc) is 3.32. The first-order chi connectivity index (χ1) is 10.7.